The number of benzene rings is 3. The molecule has 0 spiro atoms. The molecule has 0 bridgehead atoms. The zero-order valence-electron chi connectivity index (χ0n) is 16.7. The Morgan fingerprint density at radius 2 is 1.41 bits per heavy atom. The van der Waals surface area contributed by atoms with E-state index in [9.17, 15) is 4.79 Å². The van der Waals surface area contributed by atoms with Crippen LogP contribution in [0.1, 0.15) is 28.9 Å². The van der Waals surface area contributed by atoms with E-state index in [1.165, 1.54) is 11.3 Å². The summed E-state index contributed by atoms with van der Waals surface area (Å²) < 4.78 is 5.90. The Hall–Kier alpha value is -3.11. The molecule has 1 atom stereocenters. The van der Waals surface area contributed by atoms with Crippen LogP contribution in [0.5, 0.6) is 11.5 Å². The molecule has 1 heterocycles. The van der Waals surface area contributed by atoms with Crippen molar-refractivity contribution in [3.63, 3.8) is 0 Å². The number of anilines is 1. The molecule has 0 unspecified atom stereocenters. The lowest BCUT2D eigenvalue weighted by molar-refractivity contribution is 0.112. The maximum absolute atomic E-state index is 10.8. The molecule has 1 fully saturated rings. The first-order valence-corrected chi connectivity index (χ1v) is 10.1. The monoisotopic (exact) mass is 386 g/mol. The molecule has 4 heteroatoms. The zero-order valence-corrected chi connectivity index (χ0v) is 16.7. The van der Waals surface area contributed by atoms with E-state index >= 15 is 0 Å². The quantitative estimate of drug-likeness (QED) is 0.547. The lowest BCUT2D eigenvalue weighted by Crippen LogP contribution is -2.47. The molecule has 1 saturated heterocycles. The smallest absolute Gasteiger partial charge is 0.150 e. The molecule has 0 amide bonds. The van der Waals surface area contributed by atoms with Crippen LogP contribution >= 0.6 is 0 Å². The standard InChI is InChI=1S/C25H26N2O2/c1-20(22-9-13-25(14-10-22)29-24-5-3-2-4-6-24)26-15-17-27(18-16-26)23-11-7-21(19-28)8-12-23/h2-14,19-20H,15-18H2,1H3/t20-/m0/s1. The highest BCUT2D eigenvalue weighted by molar-refractivity contribution is 5.75. The maximum atomic E-state index is 10.8. The number of para-hydroxylation sites is 1. The highest BCUT2D eigenvalue weighted by Gasteiger charge is 2.22. The van der Waals surface area contributed by atoms with E-state index in [0.717, 1.165) is 49.5 Å². The number of rotatable bonds is 6. The van der Waals surface area contributed by atoms with E-state index in [4.69, 9.17) is 4.74 Å². The molecule has 3 aromatic rings. The van der Waals surface area contributed by atoms with Crippen molar-refractivity contribution in [2.24, 2.45) is 0 Å². The van der Waals surface area contributed by atoms with Crippen LogP contribution in [0.3, 0.4) is 0 Å². The summed E-state index contributed by atoms with van der Waals surface area (Å²) in [5.74, 6) is 1.71. The van der Waals surface area contributed by atoms with Crippen LogP contribution in [-0.2, 0) is 0 Å². The van der Waals surface area contributed by atoms with E-state index in [1.807, 2.05) is 66.7 Å². The number of nitrogens with zero attached hydrogens (tertiary/aromatic N) is 2. The van der Waals surface area contributed by atoms with Crippen molar-refractivity contribution in [3.05, 3.63) is 90.0 Å². The van der Waals surface area contributed by atoms with Gasteiger partial charge in [0.1, 0.15) is 17.8 Å². The fraction of sp³-hybridized carbons (Fsp3) is 0.240. The zero-order chi connectivity index (χ0) is 20.1. The van der Waals surface area contributed by atoms with Crippen LogP contribution in [0.15, 0.2) is 78.9 Å². The second-order valence-corrected chi connectivity index (χ2v) is 7.39. The Labute approximate surface area is 172 Å². The van der Waals surface area contributed by atoms with Gasteiger partial charge in [-0.3, -0.25) is 9.69 Å². The number of hydrogen-bond donors (Lipinski definition) is 0. The minimum absolute atomic E-state index is 0.361. The van der Waals surface area contributed by atoms with Gasteiger partial charge in [0.25, 0.3) is 0 Å². The summed E-state index contributed by atoms with van der Waals surface area (Å²) in [6.07, 6.45) is 0.888. The number of carbonyl (C=O) groups excluding carboxylic acids is 1. The molecular formula is C25H26N2O2. The van der Waals surface area contributed by atoms with Crippen molar-refractivity contribution in [2.45, 2.75) is 13.0 Å². The third-order valence-corrected chi connectivity index (χ3v) is 5.60. The average molecular weight is 386 g/mol. The minimum atomic E-state index is 0.361. The molecule has 148 valence electrons. The fourth-order valence-electron chi connectivity index (χ4n) is 3.78. The van der Waals surface area contributed by atoms with E-state index in [2.05, 4.69) is 28.9 Å². The molecular weight excluding hydrogens is 360 g/mol. The van der Waals surface area contributed by atoms with Gasteiger partial charge in [-0.15, -0.1) is 0 Å². The van der Waals surface area contributed by atoms with Gasteiger partial charge in [0.05, 0.1) is 0 Å². The average Bonchev–Trinajstić information content (AvgIpc) is 2.80. The van der Waals surface area contributed by atoms with Crippen LogP contribution in [0.2, 0.25) is 0 Å². The summed E-state index contributed by atoms with van der Waals surface area (Å²) in [4.78, 5) is 15.7. The second-order valence-electron chi connectivity index (χ2n) is 7.39. The van der Waals surface area contributed by atoms with Crippen LogP contribution in [0.25, 0.3) is 0 Å². The summed E-state index contributed by atoms with van der Waals surface area (Å²) in [7, 11) is 0. The largest absolute Gasteiger partial charge is 0.457 e. The Morgan fingerprint density at radius 3 is 2.03 bits per heavy atom. The molecule has 4 rings (SSSR count). The third kappa shape index (κ3) is 4.66. The highest BCUT2D eigenvalue weighted by atomic mass is 16.5. The fourth-order valence-corrected chi connectivity index (χ4v) is 3.78. The van der Waals surface area contributed by atoms with Gasteiger partial charge in [0.2, 0.25) is 0 Å². The number of carbonyl (C=O) groups is 1. The first-order chi connectivity index (χ1) is 14.2. The van der Waals surface area contributed by atoms with Gasteiger partial charge in [-0.05, 0) is 61.0 Å². The number of piperazine rings is 1. The highest BCUT2D eigenvalue weighted by Crippen LogP contribution is 2.27. The lowest BCUT2D eigenvalue weighted by atomic mass is 10.1. The van der Waals surface area contributed by atoms with Crippen LogP contribution in [0.4, 0.5) is 5.69 Å². The van der Waals surface area contributed by atoms with Crippen molar-refractivity contribution in [3.8, 4) is 11.5 Å². The van der Waals surface area contributed by atoms with Crippen molar-refractivity contribution in [2.75, 3.05) is 31.1 Å². The molecule has 0 aromatic heterocycles. The van der Waals surface area contributed by atoms with Gasteiger partial charge >= 0.3 is 0 Å². The summed E-state index contributed by atoms with van der Waals surface area (Å²) in [6, 6.07) is 26.5. The van der Waals surface area contributed by atoms with Gasteiger partial charge in [-0.25, -0.2) is 0 Å². The van der Waals surface area contributed by atoms with Gasteiger partial charge in [0, 0.05) is 43.5 Å². The topological polar surface area (TPSA) is 32.8 Å². The van der Waals surface area contributed by atoms with Gasteiger partial charge in [-0.2, -0.15) is 0 Å². The summed E-state index contributed by atoms with van der Waals surface area (Å²) in [5, 5.41) is 0. The van der Waals surface area contributed by atoms with Gasteiger partial charge in [0.15, 0.2) is 0 Å². The van der Waals surface area contributed by atoms with Crippen molar-refractivity contribution in [1.82, 2.24) is 4.90 Å². The molecule has 0 radical (unpaired) electrons. The maximum Gasteiger partial charge on any atom is 0.150 e. The summed E-state index contributed by atoms with van der Waals surface area (Å²) in [6.45, 7) is 6.26. The van der Waals surface area contributed by atoms with Gasteiger partial charge < -0.3 is 9.64 Å². The van der Waals surface area contributed by atoms with Crippen LogP contribution in [0, 0.1) is 0 Å². The molecule has 1 aliphatic rings. The molecule has 0 aliphatic carbocycles. The predicted molar refractivity (Wildman–Crippen MR) is 117 cm³/mol. The van der Waals surface area contributed by atoms with E-state index in [1.54, 1.807) is 0 Å². The molecule has 0 saturated carbocycles. The Morgan fingerprint density at radius 1 is 0.793 bits per heavy atom. The second kappa shape index (κ2) is 8.93. The van der Waals surface area contributed by atoms with Crippen molar-refractivity contribution in [1.29, 1.82) is 0 Å². The van der Waals surface area contributed by atoms with E-state index in [0.29, 0.717) is 6.04 Å². The van der Waals surface area contributed by atoms with Crippen molar-refractivity contribution >= 4 is 12.0 Å². The van der Waals surface area contributed by atoms with Gasteiger partial charge in [-0.1, -0.05) is 30.3 Å². The Kier molecular flexibility index (Phi) is 5.92. The molecule has 29 heavy (non-hydrogen) atoms. The lowest BCUT2D eigenvalue weighted by Gasteiger charge is -2.39. The normalized spacial score (nSPS) is 15.7. The number of hydrogen-bond acceptors (Lipinski definition) is 4. The molecule has 4 nitrogen and oxygen atoms in total. The van der Waals surface area contributed by atoms with E-state index in [-0.39, 0.29) is 0 Å². The van der Waals surface area contributed by atoms with Crippen LogP contribution in [-0.4, -0.2) is 37.4 Å². The predicted octanol–water partition coefficient (Wildman–Crippen LogP) is 5.17. The van der Waals surface area contributed by atoms with Crippen molar-refractivity contribution < 1.29 is 9.53 Å². The number of aldehydes is 1. The summed E-state index contributed by atoms with van der Waals surface area (Å²) >= 11 is 0. The first kappa shape index (κ1) is 19.2. The molecule has 0 N–H and O–H groups in total. The third-order valence-electron chi connectivity index (χ3n) is 5.60. The first-order valence-electron chi connectivity index (χ1n) is 10.1. The Balaban J connectivity index is 1.34. The Bertz CT molecular complexity index is 915. The molecule has 1 aliphatic heterocycles. The van der Waals surface area contributed by atoms with Crippen LogP contribution < -0.4 is 9.64 Å². The summed E-state index contributed by atoms with van der Waals surface area (Å²) in [5.41, 5.74) is 3.21. The number of ether oxygens (including phenoxy) is 1. The molecule has 3 aromatic carbocycles. The SMILES string of the molecule is C[C@@H](c1ccc(Oc2ccccc2)cc1)N1CCN(c2ccc(C=O)cc2)CC1. The minimum Gasteiger partial charge on any atom is -0.457 e. The van der Waals surface area contributed by atoms with E-state index < -0.39 is 0 Å².